The quantitative estimate of drug-likeness (QED) is 0.779. The summed E-state index contributed by atoms with van der Waals surface area (Å²) in [5.41, 5.74) is 2.24. The van der Waals surface area contributed by atoms with E-state index in [4.69, 9.17) is 16.4 Å². The minimum absolute atomic E-state index is 0.0133. The van der Waals surface area contributed by atoms with Gasteiger partial charge < -0.3 is 5.32 Å². The summed E-state index contributed by atoms with van der Waals surface area (Å²) in [6, 6.07) is 11.8. The molecule has 0 saturated heterocycles. The number of nitrogens with one attached hydrogen (secondary N) is 1. The van der Waals surface area contributed by atoms with E-state index in [1.54, 1.807) is 0 Å². The third-order valence-electron chi connectivity index (χ3n) is 3.77. The zero-order chi connectivity index (χ0) is 18.6. The monoisotopic (exact) mass is 382 g/mol. The molecular formula is C17H19ClN2O4S. The second-order valence-corrected chi connectivity index (χ2v) is 7.66. The lowest BCUT2D eigenvalue weighted by atomic mass is 10.1. The summed E-state index contributed by atoms with van der Waals surface area (Å²) in [6.45, 7) is 2.29. The van der Waals surface area contributed by atoms with E-state index >= 15 is 0 Å². The average molecular weight is 383 g/mol. The number of sulfonamides is 1. The van der Waals surface area contributed by atoms with Gasteiger partial charge in [0.05, 0.1) is 12.1 Å². The summed E-state index contributed by atoms with van der Waals surface area (Å²) >= 11 is 5.99. The lowest BCUT2D eigenvalue weighted by molar-refractivity contribution is -0.0258. The van der Waals surface area contributed by atoms with Gasteiger partial charge in [0, 0.05) is 19.2 Å². The molecule has 0 saturated carbocycles. The van der Waals surface area contributed by atoms with Crippen LogP contribution in [0.2, 0.25) is 5.02 Å². The van der Waals surface area contributed by atoms with Crippen molar-refractivity contribution in [1.82, 2.24) is 9.79 Å². The highest BCUT2D eigenvalue weighted by molar-refractivity contribution is 7.89. The van der Waals surface area contributed by atoms with Crippen molar-refractivity contribution < 1.29 is 18.0 Å². The van der Waals surface area contributed by atoms with Gasteiger partial charge in [-0.2, -0.15) is 0 Å². The van der Waals surface area contributed by atoms with Crippen molar-refractivity contribution in [3.63, 3.8) is 0 Å². The van der Waals surface area contributed by atoms with Crippen LogP contribution in [0.15, 0.2) is 47.4 Å². The maximum absolute atomic E-state index is 12.4. The summed E-state index contributed by atoms with van der Waals surface area (Å²) in [6.07, 6.45) is 0. The van der Waals surface area contributed by atoms with E-state index in [2.05, 4.69) is 5.32 Å². The minimum Gasteiger partial charge on any atom is -0.348 e. The Morgan fingerprint density at radius 1 is 1.24 bits per heavy atom. The second-order valence-electron chi connectivity index (χ2n) is 5.35. The molecule has 2 rings (SSSR count). The van der Waals surface area contributed by atoms with Crippen LogP contribution in [-0.2, 0) is 21.4 Å². The fourth-order valence-electron chi connectivity index (χ4n) is 2.16. The summed E-state index contributed by atoms with van der Waals surface area (Å²) in [5, 5.41) is 2.79. The molecule has 0 radical (unpaired) electrons. The number of carbonyl (C=O) groups excluding carboxylic acids is 1. The molecule has 8 heteroatoms. The Bertz CT molecular complexity index is 884. The molecule has 25 heavy (non-hydrogen) atoms. The number of halogens is 1. The summed E-state index contributed by atoms with van der Waals surface area (Å²) < 4.78 is 25.4. The number of hydroxylamine groups is 1. The van der Waals surface area contributed by atoms with Gasteiger partial charge in [-0.1, -0.05) is 40.3 Å². The lowest BCUT2D eigenvalue weighted by Crippen LogP contribution is -2.27. The number of rotatable bonds is 6. The van der Waals surface area contributed by atoms with Crippen LogP contribution in [0.1, 0.15) is 21.5 Å². The van der Waals surface area contributed by atoms with Crippen molar-refractivity contribution in [1.29, 1.82) is 0 Å². The molecule has 0 aliphatic carbocycles. The molecule has 1 N–H and O–H groups in total. The lowest BCUT2D eigenvalue weighted by Gasteiger charge is -2.16. The van der Waals surface area contributed by atoms with Crippen LogP contribution in [-0.4, -0.2) is 33.0 Å². The predicted octanol–water partition coefficient (Wildman–Crippen LogP) is 2.76. The molecule has 6 nitrogen and oxygen atoms in total. The Labute approximate surface area is 152 Å². The Hall–Kier alpha value is -1.93. The van der Waals surface area contributed by atoms with Crippen molar-refractivity contribution in [2.45, 2.75) is 18.4 Å². The second kappa shape index (κ2) is 7.97. The maximum Gasteiger partial charge on any atom is 0.266 e. The molecule has 2 aromatic carbocycles. The average Bonchev–Trinajstić information content (AvgIpc) is 2.60. The minimum atomic E-state index is -3.95. The number of aryl methyl sites for hydroxylation is 1. The van der Waals surface area contributed by atoms with Crippen molar-refractivity contribution in [2.75, 3.05) is 14.2 Å². The number of benzene rings is 2. The summed E-state index contributed by atoms with van der Waals surface area (Å²) in [7, 11) is -1.48. The molecular weight excluding hydrogens is 364 g/mol. The smallest absolute Gasteiger partial charge is 0.266 e. The van der Waals surface area contributed by atoms with Crippen molar-refractivity contribution in [2.24, 2.45) is 0 Å². The van der Waals surface area contributed by atoms with E-state index in [0.717, 1.165) is 11.1 Å². The van der Waals surface area contributed by atoms with Gasteiger partial charge in [0.25, 0.3) is 15.9 Å². The summed E-state index contributed by atoms with van der Waals surface area (Å²) in [5.74, 6) is -0.392. The van der Waals surface area contributed by atoms with Gasteiger partial charge in [-0.05, 0) is 36.2 Å². The predicted molar refractivity (Wildman–Crippen MR) is 95.8 cm³/mol. The van der Waals surface area contributed by atoms with E-state index in [1.165, 1.54) is 32.4 Å². The van der Waals surface area contributed by atoms with E-state index < -0.39 is 15.9 Å². The highest BCUT2D eigenvalue weighted by Crippen LogP contribution is 2.25. The first-order valence-corrected chi connectivity index (χ1v) is 9.24. The maximum atomic E-state index is 12.4. The van der Waals surface area contributed by atoms with E-state index in [0.29, 0.717) is 11.0 Å². The molecule has 0 aliphatic rings. The van der Waals surface area contributed by atoms with E-state index in [-0.39, 0.29) is 15.5 Å². The molecule has 0 aliphatic heterocycles. The first-order chi connectivity index (χ1) is 11.8. The highest BCUT2D eigenvalue weighted by Gasteiger charge is 2.25. The zero-order valence-corrected chi connectivity index (χ0v) is 15.7. The summed E-state index contributed by atoms with van der Waals surface area (Å²) in [4.78, 5) is 16.9. The van der Waals surface area contributed by atoms with Crippen LogP contribution in [0.5, 0.6) is 0 Å². The number of nitrogens with zero attached hydrogens (tertiary/aromatic N) is 1. The van der Waals surface area contributed by atoms with Crippen LogP contribution in [0.3, 0.4) is 0 Å². The van der Waals surface area contributed by atoms with Crippen molar-refractivity contribution in [3.8, 4) is 0 Å². The molecule has 134 valence electrons. The standard InChI is InChI=1S/C17H19ClN2O4S/c1-12-6-4-5-7-14(12)11-19-17(21)13-8-9-15(18)16(10-13)25(22,23)20(2)24-3/h4-10H,11H2,1-3H3,(H,19,21). The molecule has 0 atom stereocenters. The van der Waals surface area contributed by atoms with Crippen molar-refractivity contribution in [3.05, 3.63) is 64.2 Å². The van der Waals surface area contributed by atoms with Gasteiger partial charge in [0.2, 0.25) is 0 Å². The first kappa shape index (κ1) is 19.4. The molecule has 0 bridgehead atoms. The number of hydrogen-bond donors (Lipinski definition) is 1. The van der Waals surface area contributed by atoms with Crippen LogP contribution in [0, 0.1) is 6.92 Å². The van der Waals surface area contributed by atoms with Crippen LogP contribution in [0.25, 0.3) is 0 Å². The molecule has 2 aromatic rings. The Morgan fingerprint density at radius 2 is 1.92 bits per heavy atom. The van der Waals surface area contributed by atoms with Crippen LogP contribution < -0.4 is 5.32 Å². The third kappa shape index (κ3) is 4.38. The van der Waals surface area contributed by atoms with Crippen LogP contribution >= 0.6 is 11.6 Å². The topological polar surface area (TPSA) is 75.7 Å². The largest absolute Gasteiger partial charge is 0.348 e. The van der Waals surface area contributed by atoms with E-state index in [9.17, 15) is 13.2 Å². The van der Waals surface area contributed by atoms with Gasteiger partial charge >= 0.3 is 0 Å². The molecule has 0 heterocycles. The SMILES string of the molecule is CON(C)S(=O)(=O)c1cc(C(=O)NCc2ccccc2C)ccc1Cl. The first-order valence-electron chi connectivity index (χ1n) is 7.42. The Balaban J connectivity index is 2.24. The molecule has 0 fully saturated rings. The van der Waals surface area contributed by atoms with Crippen LogP contribution in [0.4, 0.5) is 0 Å². The van der Waals surface area contributed by atoms with Gasteiger partial charge in [0.15, 0.2) is 0 Å². The van der Waals surface area contributed by atoms with Gasteiger partial charge in [-0.3, -0.25) is 9.63 Å². The Kier molecular flexibility index (Phi) is 6.18. The van der Waals surface area contributed by atoms with Crippen molar-refractivity contribution >= 4 is 27.5 Å². The highest BCUT2D eigenvalue weighted by atomic mass is 35.5. The number of hydrogen-bond acceptors (Lipinski definition) is 4. The molecule has 0 spiro atoms. The fraction of sp³-hybridized carbons (Fsp3) is 0.235. The van der Waals surface area contributed by atoms with Gasteiger partial charge in [-0.15, -0.1) is 0 Å². The normalized spacial score (nSPS) is 11.6. The third-order valence-corrected chi connectivity index (χ3v) is 5.93. The van der Waals surface area contributed by atoms with E-state index in [1.807, 2.05) is 31.2 Å². The number of amides is 1. The molecule has 1 amide bonds. The molecule has 0 aromatic heterocycles. The van der Waals surface area contributed by atoms with Gasteiger partial charge in [0.1, 0.15) is 4.90 Å². The fourth-order valence-corrected chi connectivity index (χ4v) is 3.64. The number of carbonyl (C=O) groups is 1. The zero-order valence-electron chi connectivity index (χ0n) is 14.1. The Morgan fingerprint density at radius 3 is 2.56 bits per heavy atom. The molecule has 0 unspecified atom stereocenters. The van der Waals surface area contributed by atoms with Gasteiger partial charge in [-0.25, -0.2) is 8.42 Å².